The molecule has 3 fully saturated rings. The van der Waals surface area contributed by atoms with Crippen LogP contribution < -0.4 is 4.72 Å². The molecule has 1 N–H and O–H groups in total. The van der Waals surface area contributed by atoms with E-state index in [2.05, 4.69) is 18.6 Å². The number of ketones is 1. The smallest absolute Gasteiger partial charge is 0.213 e. The van der Waals surface area contributed by atoms with Crippen molar-refractivity contribution in [1.82, 2.24) is 4.72 Å². The van der Waals surface area contributed by atoms with E-state index in [9.17, 15) is 13.2 Å². The molecule has 0 amide bonds. The Morgan fingerprint density at radius 3 is 2.16 bits per heavy atom. The molecule has 5 nitrogen and oxygen atoms in total. The highest BCUT2D eigenvalue weighted by molar-refractivity contribution is 7.89. The summed E-state index contributed by atoms with van der Waals surface area (Å²) in [6.45, 7) is 4.25. The molecule has 1 aliphatic heterocycles. The molecule has 1 saturated heterocycles. The maximum Gasteiger partial charge on any atom is 0.213 e. The first-order chi connectivity index (χ1) is 14.7. The van der Waals surface area contributed by atoms with Crippen LogP contribution in [-0.2, 0) is 14.8 Å². The van der Waals surface area contributed by atoms with E-state index in [0.717, 1.165) is 29.7 Å². The predicted octanol–water partition coefficient (Wildman–Crippen LogP) is 3.59. The van der Waals surface area contributed by atoms with Gasteiger partial charge in [-0.25, -0.2) is 13.1 Å². The summed E-state index contributed by atoms with van der Waals surface area (Å²) in [4.78, 5) is 18.5. The fourth-order valence-electron chi connectivity index (χ4n) is 6.59. The average Bonchev–Trinajstić information content (AvgIpc) is 3.23. The van der Waals surface area contributed by atoms with Gasteiger partial charge in [0.05, 0.1) is 11.5 Å². The van der Waals surface area contributed by atoms with Crippen molar-refractivity contribution in [2.45, 2.75) is 38.6 Å². The molecule has 31 heavy (non-hydrogen) atoms. The summed E-state index contributed by atoms with van der Waals surface area (Å²) in [5.41, 5.74) is 0.868. The van der Waals surface area contributed by atoms with E-state index in [0.29, 0.717) is 12.3 Å². The molecule has 2 bridgehead atoms. The molecule has 3 aliphatic rings. The van der Waals surface area contributed by atoms with Gasteiger partial charge in [-0.2, -0.15) is 0 Å². The molecular formula is C25H28N2O3S. The fourth-order valence-corrected chi connectivity index (χ4v) is 9.00. The maximum absolute atomic E-state index is 13.7. The van der Waals surface area contributed by atoms with Gasteiger partial charge in [0, 0.05) is 16.5 Å². The number of hydrogen-bond donors (Lipinski definition) is 1. The third-order valence-electron chi connectivity index (χ3n) is 8.26. The number of Topliss-reactive ketones (excluding diaryl/α,β-unsaturated/α-hetero) is 1. The molecule has 2 aromatic carbocycles. The molecule has 5 rings (SSSR count). The largest absolute Gasteiger partial charge is 0.295 e. The van der Waals surface area contributed by atoms with Gasteiger partial charge in [-0.15, -0.1) is 0 Å². The summed E-state index contributed by atoms with van der Waals surface area (Å²) in [5.74, 6) is 0.294. The van der Waals surface area contributed by atoms with Gasteiger partial charge in [0.25, 0.3) is 0 Å². The van der Waals surface area contributed by atoms with Crippen molar-refractivity contribution in [2.24, 2.45) is 21.7 Å². The van der Waals surface area contributed by atoms with E-state index in [1.54, 1.807) is 0 Å². The SMILES string of the molecule is CC1(C)[C@H]2CC[C@]13CS(=O)(=O)N[C@]3(C(=O)CN=C(c1ccccc1)c1ccccc1)C2. The predicted molar refractivity (Wildman–Crippen MR) is 122 cm³/mol. The van der Waals surface area contributed by atoms with Crippen LogP contribution in [0.4, 0.5) is 0 Å². The number of fused-ring (bicyclic) bond motifs is 1. The zero-order valence-electron chi connectivity index (χ0n) is 18.0. The van der Waals surface area contributed by atoms with Gasteiger partial charge in [-0.3, -0.25) is 9.79 Å². The monoisotopic (exact) mass is 436 g/mol. The van der Waals surface area contributed by atoms with Crippen LogP contribution in [0.1, 0.15) is 44.2 Å². The lowest BCUT2D eigenvalue weighted by Crippen LogP contribution is -2.59. The molecule has 2 saturated carbocycles. The Morgan fingerprint density at radius 2 is 1.61 bits per heavy atom. The molecule has 0 unspecified atom stereocenters. The third-order valence-corrected chi connectivity index (χ3v) is 9.79. The van der Waals surface area contributed by atoms with Crippen LogP contribution in [0.25, 0.3) is 0 Å². The van der Waals surface area contributed by atoms with Gasteiger partial charge < -0.3 is 0 Å². The second-order valence-corrected chi connectivity index (χ2v) is 11.6. The Bertz CT molecular complexity index is 1120. The van der Waals surface area contributed by atoms with Crippen molar-refractivity contribution in [3.05, 3.63) is 71.8 Å². The molecule has 2 aliphatic carbocycles. The van der Waals surface area contributed by atoms with Crippen LogP contribution in [0.15, 0.2) is 65.7 Å². The summed E-state index contributed by atoms with van der Waals surface area (Å²) in [6.07, 6.45) is 2.35. The van der Waals surface area contributed by atoms with Gasteiger partial charge in [0.15, 0.2) is 5.78 Å². The summed E-state index contributed by atoms with van der Waals surface area (Å²) in [7, 11) is -3.49. The summed E-state index contributed by atoms with van der Waals surface area (Å²) in [5, 5.41) is 0. The molecule has 0 radical (unpaired) electrons. The number of hydrogen-bond acceptors (Lipinski definition) is 4. The van der Waals surface area contributed by atoms with Crippen molar-refractivity contribution in [2.75, 3.05) is 12.3 Å². The van der Waals surface area contributed by atoms with Crippen molar-refractivity contribution in [1.29, 1.82) is 0 Å². The van der Waals surface area contributed by atoms with E-state index in [-0.39, 0.29) is 23.5 Å². The molecule has 162 valence electrons. The van der Waals surface area contributed by atoms with Crippen molar-refractivity contribution >= 4 is 21.5 Å². The molecule has 2 aromatic rings. The van der Waals surface area contributed by atoms with Crippen LogP contribution in [0.3, 0.4) is 0 Å². The average molecular weight is 437 g/mol. The number of nitrogens with zero attached hydrogens (tertiary/aromatic N) is 1. The molecule has 3 atom stereocenters. The lowest BCUT2D eigenvalue weighted by Gasteiger charge is -2.43. The molecule has 1 heterocycles. The van der Waals surface area contributed by atoms with Crippen molar-refractivity contribution in [3.63, 3.8) is 0 Å². The first-order valence-electron chi connectivity index (χ1n) is 10.9. The van der Waals surface area contributed by atoms with Gasteiger partial charge in [0.1, 0.15) is 12.1 Å². The number of nitrogens with one attached hydrogen (secondary N) is 1. The van der Waals surface area contributed by atoms with E-state index >= 15 is 0 Å². The van der Waals surface area contributed by atoms with E-state index in [4.69, 9.17) is 4.99 Å². The second kappa shape index (κ2) is 6.84. The van der Waals surface area contributed by atoms with E-state index < -0.39 is 21.0 Å². The summed E-state index contributed by atoms with van der Waals surface area (Å²) >= 11 is 0. The Balaban J connectivity index is 1.54. The van der Waals surface area contributed by atoms with Gasteiger partial charge in [-0.05, 0) is 30.6 Å². The number of sulfonamides is 1. The molecule has 6 heteroatoms. The Morgan fingerprint density at radius 1 is 1.03 bits per heavy atom. The van der Waals surface area contributed by atoms with Crippen LogP contribution in [0, 0.1) is 16.7 Å². The minimum absolute atomic E-state index is 0.0355. The summed E-state index contributed by atoms with van der Waals surface area (Å²) < 4.78 is 28.3. The first kappa shape index (κ1) is 20.6. The second-order valence-electron chi connectivity index (χ2n) is 9.83. The topological polar surface area (TPSA) is 75.6 Å². The van der Waals surface area contributed by atoms with Crippen LogP contribution in [-0.4, -0.2) is 37.7 Å². The molecular weight excluding hydrogens is 408 g/mol. The fraction of sp³-hybridized carbons (Fsp3) is 0.440. The number of carbonyl (C=O) groups excluding carboxylic acids is 1. The minimum atomic E-state index is -3.49. The zero-order valence-corrected chi connectivity index (χ0v) is 18.8. The number of benzene rings is 2. The van der Waals surface area contributed by atoms with E-state index in [1.807, 2.05) is 60.7 Å². The van der Waals surface area contributed by atoms with Crippen LogP contribution >= 0.6 is 0 Å². The van der Waals surface area contributed by atoms with E-state index in [1.165, 1.54) is 0 Å². The maximum atomic E-state index is 13.7. The highest BCUT2D eigenvalue weighted by atomic mass is 32.2. The Labute approximate surface area is 184 Å². The highest BCUT2D eigenvalue weighted by Gasteiger charge is 2.78. The lowest BCUT2D eigenvalue weighted by molar-refractivity contribution is -0.128. The van der Waals surface area contributed by atoms with Crippen LogP contribution in [0.2, 0.25) is 0 Å². The third kappa shape index (κ3) is 2.88. The standard InChI is InChI=1S/C25H28N2O3S/c1-23(2)20-13-14-24(23)17-31(29,30)27-25(24,15-20)21(28)16-26-22(18-9-5-3-6-10-18)19-11-7-4-8-12-19/h3-12,20,27H,13-17H2,1-2H3/t20-,24-,25-/m0/s1. The summed E-state index contributed by atoms with van der Waals surface area (Å²) in [6, 6.07) is 19.6. The zero-order chi connectivity index (χ0) is 21.9. The quantitative estimate of drug-likeness (QED) is 0.728. The van der Waals surface area contributed by atoms with Crippen molar-refractivity contribution in [3.8, 4) is 0 Å². The number of rotatable bonds is 5. The first-order valence-corrected chi connectivity index (χ1v) is 12.6. The highest BCUT2D eigenvalue weighted by Crippen LogP contribution is 2.72. The number of aliphatic imine (C=N–C) groups is 1. The minimum Gasteiger partial charge on any atom is -0.295 e. The van der Waals surface area contributed by atoms with Crippen molar-refractivity contribution < 1.29 is 13.2 Å². The normalized spacial score (nSPS) is 31.9. The van der Waals surface area contributed by atoms with Gasteiger partial charge in [-0.1, -0.05) is 74.5 Å². The molecule has 1 spiro atoms. The number of carbonyl (C=O) groups is 1. The Kier molecular flexibility index (Phi) is 4.54. The van der Waals surface area contributed by atoms with Gasteiger partial charge in [0.2, 0.25) is 10.0 Å². The lowest BCUT2D eigenvalue weighted by atomic mass is 9.61. The molecule has 0 aromatic heterocycles. The Hall–Kier alpha value is -2.31. The van der Waals surface area contributed by atoms with Crippen LogP contribution in [0.5, 0.6) is 0 Å². The van der Waals surface area contributed by atoms with Gasteiger partial charge >= 0.3 is 0 Å².